The molecule has 5 heteroatoms. The van der Waals surface area contributed by atoms with E-state index in [1.165, 1.54) is 0 Å². The monoisotopic (exact) mass is 328 g/mol. The average Bonchev–Trinajstić information content (AvgIpc) is 2.52. The Morgan fingerprint density at radius 3 is 2.52 bits per heavy atom. The quantitative estimate of drug-likeness (QED) is 0.918. The van der Waals surface area contributed by atoms with Crippen molar-refractivity contribution in [1.82, 2.24) is 10.3 Å². The van der Waals surface area contributed by atoms with E-state index in [0.29, 0.717) is 5.03 Å². The van der Waals surface area contributed by atoms with Crippen molar-refractivity contribution in [2.24, 2.45) is 0 Å². The molecule has 1 aromatic heterocycles. The Labute approximate surface area is 138 Å². The SMILES string of the molecule is Cc1ccc([S@](=O)CC(=O)NC2(c3ccccc3)CCC2)nc1. The number of aromatic nitrogens is 1. The lowest BCUT2D eigenvalue weighted by Crippen LogP contribution is -2.51. The molecule has 3 rings (SSSR count). The van der Waals surface area contributed by atoms with Crippen LogP contribution in [-0.2, 0) is 21.1 Å². The molecule has 1 saturated carbocycles. The van der Waals surface area contributed by atoms with Gasteiger partial charge in [0.25, 0.3) is 0 Å². The fraction of sp³-hybridized carbons (Fsp3) is 0.333. The molecule has 1 fully saturated rings. The van der Waals surface area contributed by atoms with Gasteiger partial charge in [0.05, 0.1) is 16.3 Å². The predicted octanol–water partition coefficient (Wildman–Crippen LogP) is 2.69. The molecule has 0 saturated heterocycles. The highest BCUT2D eigenvalue weighted by Crippen LogP contribution is 2.41. The van der Waals surface area contributed by atoms with Crippen molar-refractivity contribution in [2.75, 3.05) is 5.75 Å². The molecule has 23 heavy (non-hydrogen) atoms. The van der Waals surface area contributed by atoms with Crippen molar-refractivity contribution < 1.29 is 9.00 Å². The van der Waals surface area contributed by atoms with Crippen molar-refractivity contribution in [3.63, 3.8) is 0 Å². The number of hydrogen-bond acceptors (Lipinski definition) is 3. The fourth-order valence-corrected chi connectivity index (χ4v) is 3.71. The Bertz CT molecular complexity index is 710. The zero-order chi connectivity index (χ0) is 16.3. The lowest BCUT2D eigenvalue weighted by atomic mass is 9.72. The number of amides is 1. The Morgan fingerprint density at radius 2 is 1.96 bits per heavy atom. The van der Waals surface area contributed by atoms with Crippen molar-refractivity contribution in [1.29, 1.82) is 0 Å². The fourth-order valence-electron chi connectivity index (χ4n) is 2.86. The average molecular weight is 328 g/mol. The summed E-state index contributed by atoms with van der Waals surface area (Å²) in [5, 5.41) is 3.55. The van der Waals surface area contributed by atoms with Crippen LogP contribution in [0.1, 0.15) is 30.4 Å². The highest BCUT2D eigenvalue weighted by molar-refractivity contribution is 7.85. The number of carbonyl (C=O) groups is 1. The van der Waals surface area contributed by atoms with Crippen molar-refractivity contribution in [3.8, 4) is 0 Å². The molecule has 1 amide bonds. The summed E-state index contributed by atoms with van der Waals surface area (Å²) >= 11 is 0. The van der Waals surface area contributed by atoms with Gasteiger partial charge in [-0.2, -0.15) is 0 Å². The van der Waals surface area contributed by atoms with Crippen LogP contribution in [0, 0.1) is 6.92 Å². The van der Waals surface area contributed by atoms with Gasteiger partial charge < -0.3 is 5.32 Å². The van der Waals surface area contributed by atoms with Crippen LogP contribution in [0.5, 0.6) is 0 Å². The van der Waals surface area contributed by atoms with Crippen molar-refractivity contribution >= 4 is 16.7 Å². The summed E-state index contributed by atoms with van der Waals surface area (Å²) in [6, 6.07) is 13.6. The van der Waals surface area contributed by atoms with E-state index in [1.54, 1.807) is 12.3 Å². The molecule has 0 spiro atoms. The Balaban J connectivity index is 1.67. The third kappa shape index (κ3) is 3.50. The van der Waals surface area contributed by atoms with E-state index in [9.17, 15) is 9.00 Å². The topological polar surface area (TPSA) is 59.1 Å². The molecule has 0 radical (unpaired) electrons. The van der Waals surface area contributed by atoms with Crippen LogP contribution >= 0.6 is 0 Å². The standard InChI is InChI=1S/C18H20N2O2S/c1-14-8-9-17(19-12-14)23(22)13-16(21)20-18(10-5-11-18)15-6-3-2-4-7-15/h2-4,6-9,12H,5,10-11,13H2,1H3,(H,20,21)/t23-/m1/s1. The number of carbonyl (C=O) groups excluding carboxylic acids is 1. The highest BCUT2D eigenvalue weighted by atomic mass is 32.2. The van der Waals surface area contributed by atoms with Crippen LogP contribution in [0.3, 0.4) is 0 Å². The smallest absolute Gasteiger partial charge is 0.233 e. The maximum Gasteiger partial charge on any atom is 0.233 e. The summed E-state index contributed by atoms with van der Waals surface area (Å²) in [5.74, 6) is -0.237. The number of pyridine rings is 1. The van der Waals surface area contributed by atoms with Crippen LogP contribution < -0.4 is 5.32 Å². The van der Waals surface area contributed by atoms with Crippen LogP contribution in [0.4, 0.5) is 0 Å². The number of nitrogens with zero attached hydrogens (tertiary/aromatic N) is 1. The minimum atomic E-state index is -1.41. The van der Waals surface area contributed by atoms with Gasteiger partial charge in [-0.3, -0.25) is 9.00 Å². The molecule has 1 N–H and O–H groups in total. The van der Waals surface area contributed by atoms with Crippen LogP contribution in [0.15, 0.2) is 53.7 Å². The Kier molecular flexibility index (Phi) is 4.57. The molecule has 1 aliphatic carbocycles. The van der Waals surface area contributed by atoms with E-state index in [-0.39, 0.29) is 17.2 Å². The maximum absolute atomic E-state index is 12.3. The first kappa shape index (κ1) is 15.9. The molecule has 2 aromatic rings. The minimum absolute atomic E-state index is 0.0509. The van der Waals surface area contributed by atoms with Gasteiger partial charge in [0.15, 0.2) is 0 Å². The predicted molar refractivity (Wildman–Crippen MR) is 90.4 cm³/mol. The van der Waals surface area contributed by atoms with Gasteiger partial charge in [-0.05, 0) is 43.4 Å². The van der Waals surface area contributed by atoms with Gasteiger partial charge in [-0.1, -0.05) is 36.4 Å². The number of rotatable bonds is 5. The summed E-state index contributed by atoms with van der Waals surface area (Å²) in [5.41, 5.74) is 1.84. The van der Waals surface area contributed by atoms with E-state index in [0.717, 1.165) is 30.4 Å². The van der Waals surface area contributed by atoms with E-state index in [4.69, 9.17) is 0 Å². The normalized spacial score (nSPS) is 17.1. The molecule has 120 valence electrons. The summed E-state index contributed by atoms with van der Waals surface area (Å²) in [7, 11) is -1.41. The molecule has 1 heterocycles. The number of hydrogen-bond donors (Lipinski definition) is 1. The van der Waals surface area contributed by atoms with Gasteiger partial charge >= 0.3 is 0 Å². The second-order valence-corrected chi connectivity index (χ2v) is 7.41. The molecule has 0 aliphatic heterocycles. The molecule has 4 nitrogen and oxygen atoms in total. The van der Waals surface area contributed by atoms with Crippen LogP contribution in [0.25, 0.3) is 0 Å². The second-order valence-electron chi connectivity index (χ2n) is 6.01. The summed E-state index contributed by atoms with van der Waals surface area (Å²) in [6.45, 7) is 1.92. The first-order valence-electron chi connectivity index (χ1n) is 7.77. The molecular formula is C18H20N2O2S. The molecule has 0 unspecified atom stereocenters. The van der Waals surface area contributed by atoms with E-state index in [2.05, 4.69) is 10.3 Å². The molecule has 1 atom stereocenters. The first-order valence-corrected chi connectivity index (χ1v) is 9.09. The van der Waals surface area contributed by atoms with E-state index < -0.39 is 10.8 Å². The van der Waals surface area contributed by atoms with Crippen LogP contribution in [0.2, 0.25) is 0 Å². The van der Waals surface area contributed by atoms with E-state index in [1.807, 2.05) is 43.3 Å². The summed E-state index contributed by atoms with van der Waals surface area (Å²) in [4.78, 5) is 16.5. The maximum atomic E-state index is 12.3. The van der Waals surface area contributed by atoms with Gasteiger partial charge in [-0.15, -0.1) is 0 Å². The minimum Gasteiger partial charge on any atom is -0.346 e. The lowest BCUT2D eigenvalue weighted by molar-refractivity contribution is -0.121. The summed E-state index contributed by atoms with van der Waals surface area (Å²) in [6.07, 6.45) is 4.62. The van der Waals surface area contributed by atoms with Crippen molar-refractivity contribution in [2.45, 2.75) is 36.8 Å². The molecular weight excluding hydrogens is 308 g/mol. The van der Waals surface area contributed by atoms with Crippen molar-refractivity contribution in [3.05, 3.63) is 59.8 Å². The zero-order valence-electron chi connectivity index (χ0n) is 13.1. The molecule has 1 aromatic carbocycles. The number of nitrogens with one attached hydrogen (secondary N) is 1. The third-order valence-electron chi connectivity index (χ3n) is 4.29. The van der Waals surface area contributed by atoms with Gasteiger partial charge in [0.1, 0.15) is 10.8 Å². The van der Waals surface area contributed by atoms with Gasteiger partial charge in [0, 0.05) is 6.20 Å². The van der Waals surface area contributed by atoms with Gasteiger partial charge in [-0.25, -0.2) is 4.98 Å². The molecule has 1 aliphatic rings. The second kappa shape index (κ2) is 6.62. The highest BCUT2D eigenvalue weighted by Gasteiger charge is 2.40. The number of aryl methyl sites for hydroxylation is 1. The van der Waals surface area contributed by atoms with Crippen LogP contribution in [-0.4, -0.2) is 20.9 Å². The first-order chi connectivity index (χ1) is 11.1. The molecule has 0 bridgehead atoms. The third-order valence-corrected chi connectivity index (χ3v) is 5.52. The number of benzene rings is 1. The largest absolute Gasteiger partial charge is 0.346 e. The Hall–Kier alpha value is -2.01. The van der Waals surface area contributed by atoms with E-state index >= 15 is 0 Å². The zero-order valence-corrected chi connectivity index (χ0v) is 13.9. The Morgan fingerprint density at radius 1 is 1.22 bits per heavy atom. The van der Waals surface area contributed by atoms with Gasteiger partial charge in [0.2, 0.25) is 5.91 Å². The lowest BCUT2D eigenvalue weighted by Gasteiger charge is -2.43. The summed E-state index contributed by atoms with van der Waals surface area (Å²) < 4.78 is 12.3.